The number of methoxy groups -OCH3 is 1. The fourth-order valence-electron chi connectivity index (χ4n) is 1.69. The quantitative estimate of drug-likeness (QED) is 0.746. The first kappa shape index (κ1) is 14.9. The van der Waals surface area contributed by atoms with Gasteiger partial charge in [-0.25, -0.2) is 0 Å². The highest BCUT2D eigenvalue weighted by Gasteiger charge is 2.07. The first-order chi connectivity index (χ1) is 10.2. The van der Waals surface area contributed by atoms with Crippen molar-refractivity contribution in [2.75, 3.05) is 31.4 Å². The molecule has 0 spiro atoms. The molecule has 3 N–H and O–H groups in total. The summed E-state index contributed by atoms with van der Waals surface area (Å²) in [6.07, 6.45) is 3.30. The Kier molecular flexibility index (Phi) is 5.16. The second-order valence-electron chi connectivity index (χ2n) is 4.36. The molecular weight excluding hydrogens is 272 g/mol. The maximum absolute atomic E-state index is 11.8. The molecule has 112 valence electrons. The van der Waals surface area contributed by atoms with E-state index in [4.69, 9.17) is 15.2 Å². The van der Waals surface area contributed by atoms with Gasteiger partial charge in [-0.3, -0.25) is 9.48 Å². The lowest BCUT2D eigenvalue weighted by Gasteiger charge is -2.08. The first-order valence-electron chi connectivity index (χ1n) is 6.47. The van der Waals surface area contributed by atoms with Crippen LogP contribution in [0.1, 0.15) is 0 Å². The van der Waals surface area contributed by atoms with Crippen LogP contribution in [0.5, 0.6) is 5.75 Å². The van der Waals surface area contributed by atoms with Crippen molar-refractivity contribution < 1.29 is 14.3 Å². The number of benzene rings is 1. The van der Waals surface area contributed by atoms with Gasteiger partial charge in [0.1, 0.15) is 5.75 Å². The number of rotatable bonds is 7. The van der Waals surface area contributed by atoms with Crippen molar-refractivity contribution in [3.8, 4) is 5.75 Å². The smallest absolute Gasteiger partial charge is 0.262 e. The van der Waals surface area contributed by atoms with E-state index in [-0.39, 0.29) is 12.5 Å². The van der Waals surface area contributed by atoms with Crippen LogP contribution >= 0.6 is 0 Å². The lowest BCUT2D eigenvalue weighted by atomic mass is 10.3. The number of aromatic nitrogens is 2. The Morgan fingerprint density at radius 2 is 2.24 bits per heavy atom. The second kappa shape index (κ2) is 7.30. The summed E-state index contributed by atoms with van der Waals surface area (Å²) in [6, 6.07) is 7.03. The number of nitrogen functional groups attached to an aromatic ring is 1. The summed E-state index contributed by atoms with van der Waals surface area (Å²) in [4.78, 5) is 11.8. The van der Waals surface area contributed by atoms with Crippen LogP contribution in [0.2, 0.25) is 0 Å². The van der Waals surface area contributed by atoms with E-state index in [2.05, 4.69) is 10.4 Å². The van der Waals surface area contributed by atoms with E-state index in [0.717, 1.165) is 0 Å². The van der Waals surface area contributed by atoms with E-state index < -0.39 is 0 Å². The maximum atomic E-state index is 11.8. The van der Waals surface area contributed by atoms with E-state index >= 15 is 0 Å². The predicted molar refractivity (Wildman–Crippen MR) is 79.1 cm³/mol. The topological polar surface area (TPSA) is 91.4 Å². The average molecular weight is 290 g/mol. The fraction of sp³-hybridized carbons (Fsp3) is 0.286. The molecule has 1 aromatic carbocycles. The van der Waals surface area contributed by atoms with Gasteiger partial charge in [-0.1, -0.05) is 12.1 Å². The Morgan fingerprint density at radius 3 is 3.00 bits per heavy atom. The zero-order valence-corrected chi connectivity index (χ0v) is 11.8. The van der Waals surface area contributed by atoms with Gasteiger partial charge >= 0.3 is 0 Å². The predicted octanol–water partition coefficient (Wildman–Crippen LogP) is 1.13. The van der Waals surface area contributed by atoms with Gasteiger partial charge in [0.2, 0.25) is 0 Å². The van der Waals surface area contributed by atoms with Crippen molar-refractivity contribution in [2.45, 2.75) is 6.54 Å². The van der Waals surface area contributed by atoms with Crippen LogP contribution in [-0.2, 0) is 16.1 Å². The highest BCUT2D eigenvalue weighted by Crippen LogP contribution is 2.19. The molecule has 0 bridgehead atoms. The molecule has 7 heteroatoms. The summed E-state index contributed by atoms with van der Waals surface area (Å²) in [5.74, 6) is 0.216. The first-order valence-corrected chi connectivity index (χ1v) is 6.47. The Labute approximate surface area is 122 Å². The molecule has 0 aliphatic heterocycles. The number of nitrogens with two attached hydrogens (primary N) is 1. The molecule has 0 aliphatic carbocycles. The summed E-state index contributed by atoms with van der Waals surface area (Å²) in [5.41, 5.74) is 6.84. The van der Waals surface area contributed by atoms with Gasteiger partial charge in [-0.05, 0) is 12.1 Å². The second-order valence-corrected chi connectivity index (χ2v) is 4.36. The molecule has 1 amide bonds. The Bertz CT molecular complexity index is 597. The summed E-state index contributed by atoms with van der Waals surface area (Å²) in [5, 5.41) is 6.80. The minimum atomic E-state index is -0.274. The summed E-state index contributed by atoms with van der Waals surface area (Å²) >= 11 is 0. The van der Waals surface area contributed by atoms with Crippen LogP contribution in [0.25, 0.3) is 0 Å². The van der Waals surface area contributed by atoms with Crippen LogP contribution in [0.15, 0.2) is 36.7 Å². The highest BCUT2D eigenvalue weighted by molar-refractivity contribution is 5.91. The monoisotopic (exact) mass is 290 g/mol. The molecule has 1 heterocycles. The molecule has 0 unspecified atom stereocenters. The van der Waals surface area contributed by atoms with Crippen molar-refractivity contribution in [1.82, 2.24) is 9.78 Å². The third-order valence-corrected chi connectivity index (χ3v) is 2.72. The van der Waals surface area contributed by atoms with Crippen LogP contribution in [-0.4, -0.2) is 36.0 Å². The molecule has 0 atom stereocenters. The van der Waals surface area contributed by atoms with Crippen molar-refractivity contribution in [1.29, 1.82) is 0 Å². The molecule has 2 aromatic rings. The van der Waals surface area contributed by atoms with E-state index in [1.54, 1.807) is 48.5 Å². The Balaban J connectivity index is 1.82. The van der Waals surface area contributed by atoms with Crippen LogP contribution in [0.3, 0.4) is 0 Å². The van der Waals surface area contributed by atoms with Crippen LogP contribution in [0, 0.1) is 0 Å². The largest absolute Gasteiger partial charge is 0.482 e. The molecule has 0 saturated heterocycles. The van der Waals surface area contributed by atoms with Gasteiger partial charge in [-0.2, -0.15) is 5.10 Å². The lowest BCUT2D eigenvalue weighted by Crippen LogP contribution is -2.20. The third-order valence-electron chi connectivity index (χ3n) is 2.72. The van der Waals surface area contributed by atoms with E-state index in [9.17, 15) is 4.79 Å². The fourth-order valence-corrected chi connectivity index (χ4v) is 1.69. The summed E-state index contributed by atoms with van der Waals surface area (Å²) in [6.45, 7) is 1.08. The maximum Gasteiger partial charge on any atom is 0.262 e. The van der Waals surface area contributed by atoms with Gasteiger partial charge in [0.15, 0.2) is 6.61 Å². The number of carbonyl (C=O) groups excluding carboxylic acids is 1. The SMILES string of the molecule is COCCn1cc(NC(=O)COc2ccccc2N)cn1. The van der Waals surface area contributed by atoms with Crippen LogP contribution in [0.4, 0.5) is 11.4 Å². The number of nitrogens with zero attached hydrogens (tertiary/aromatic N) is 2. The van der Waals surface area contributed by atoms with Crippen molar-refractivity contribution in [2.24, 2.45) is 0 Å². The molecule has 0 radical (unpaired) electrons. The van der Waals surface area contributed by atoms with E-state index in [0.29, 0.717) is 30.3 Å². The Hall–Kier alpha value is -2.54. The van der Waals surface area contributed by atoms with E-state index in [1.807, 2.05) is 0 Å². The lowest BCUT2D eigenvalue weighted by molar-refractivity contribution is -0.118. The highest BCUT2D eigenvalue weighted by atomic mass is 16.5. The zero-order valence-electron chi connectivity index (χ0n) is 11.8. The van der Waals surface area contributed by atoms with Gasteiger partial charge in [-0.15, -0.1) is 0 Å². The van der Waals surface area contributed by atoms with Gasteiger partial charge in [0, 0.05) is 13.3 Å². The normalized spacial score (nSPS) is 10.3. The number of amides is 1. The molecule has 0 saturated carbocycles. The molecule has 21 heavy (non-hydrogen) atoms. The van der Waals surface area contributed by atoms with E-state index in [1.165, 1.54) is 0 Å². The molecule has 2 rings (SSSR count). The van der Waals surface area contributed by atoms with Gasteiger partial charge in [0.25, 0.3) is 5.91 Å². The number of nitrogens with one attached hydrogen (secondary N) is 1. The standard InChI is InChI=1S/C14H18N4O3/c1-20-7-6-18-9-11(8-16-18)17-14(19)10-21-13-5-3-2-4-12(13)15/h2-5,8-9H,6-7,10,15H2,1H3,(H,17,19). The number of anilines is 2. The minimum absolute atomic E-state index is 0.114. The third kappa shape index (κ3) is 4.50. The average Bonchev–Trinajstić information content (AvgIpc) is 2.91. The number of ether oxygens (including phenoxy) is 2. The number of hydrogen-bond donors (Lipinski definition) is 2. The van der Waals surface area contributed by atoms with Crippen molar-refractivity contribution in [3.63, 3.8) is 0 Å². The molecule has 0 fully saturated rings. The van der Waals surface area contributed by atoms with Gasteiger partial charge < -0.3 is 20.5 Å². The summed E-state index contributed by atoms with van der Waals surface area (Å²) in [7, 11) is 1.62. The van der Waals surface area contributed by atoms with Crippen LogP contribution < -0.4 is 15.8 Å². The number of carbonyl (C=O) groups is 1. The number of para-hydroxylation sites is 2. The zero-order chi connectivity index (χ0) is 15.1. The molecule has 0 aliphatic rings. The van der Waals surface area contributed by atoms with Gasteiger partial charge in [0.05, 0.1) is 30.7 Å². The molecule has 1 aromatic heterocycles. The molecule has 7 nitrogen and oxygen atoms in total. The Morgan fingerprint density at radius 1 is 1.43 bits per heavy atom. The molecular formula is C14H18N4O3. The van der Waals surface area contributed by atoms with Crippen molar-refractivity contribution >= 4 is 17.3 Å². The minimum Gasteiger partial charge on any atom is -0.482 e. The van der Waals surface area contributed by atoms with Crippen molar-refractivity contribution in [3.05, 3.63) is 36.7 Å². The summed E-state index contributed by atoms with van der Waals surface area (Å²) < 4.78 is 12.0. The number of hydrogen-bond acceptors (Lipinski definition) is 5.